The number of hydrogen-bond acceptors (Lipinski definition) is 7. The molecule has 5 atom stereocenters. The molecular weight excluding hydrogens is 436 g/mol. The zero-order valence-corrected chi connectivity index (χ0v) is 18.2. The molecule has 0 radical (unpaired) electrons. The predicted molar refractivity (Wildman–Crippen MR) is 126 cm³/mol. The first kappa shape index (κ1) is 21.1. The second kappa shape index (κ2) is 8.11. The molecule has 0 saturated carbocycles. The summed E-state index contributed by atoms with van der Waals surface area (Å²) in [6, 6.07) is 18.8. The summed E-state index contributed by atoms with van der Waals surface area (Å²) in [5.41, 5.74) is 2.59. The lowest BCUT2D eigenvalue weighted by molar-refractivity contribution is -0.234. The number of aliphatic imine (C=N–C) groups is 1. The van der Waals surface area contributed by atoms with E-state index >= 15 is 0 Å². The topological polar surface area (TPSA) is 117 Å². The van der Waals surface area contributed by atoms with Crippen LogP contribution in [0.15, 0.2) is 71.9 Å². The number of aromatic hydroxyl groups is 1. The van der Waals surface area contributed by atoms with E-state index in [9.17, 15) is 20.4 Å². The Labute approximate surface area is 194 Å². The van der Waals surface area contributed by atoms with Crippen LogP contribution in [0.1, 0.15) is 11.1 Å². The molecule has 0 aliphatic carbocycles. The first-order chi connectivity index (χ1) is 16.5. The van der Waals surface area contributed by atoms with E-state index in [0.717, 1.165) is 21.9 Å². The summed E-state index contributed by atoms with van der Waals surface area (Å²) in [5, 5.41) is 43.4. The van der Waals surface area contributed by atoms with Gasteiger partial charge in [-0.2, -0.15) is 0 Å². The number of phenolic OH excluding ortho intramolecular Hbond substituents is 1. The minimum absolute atomic E-state index is 0.146. The zero-order chi connectivity index (χ0) is 23.4. The monoisotopic (exact) mass is 460 g/mol. The van der Waals surface area contributed by atoms with Gasteiger partial charge in [-0.1, -0.05) is 36.4 Å². The van der Waals surface area contributed by atoms with Crippen LogP contribution < -0.4 is 0 Å². The van der Waals surface area contributed by atoms with E-state index in [2.05, 4.69) is 35.3 Å². The molecule has 34 heavy (non-hydrogen) atoms. The van der Waals surface area contributed by atoms with E-state index < -0.39 is 37.3 Å². The fourth-order valence-corrected chi connectivity index (χ4v) is 4.83. The van der Waals surface area contributed by atoms with Crippen molar-refractivity contribution in [2.75, 3.05) is 6.61 Å². The number of rotatable bonds is 4. The summed E-state index contributed by atoms with van der Waals surface area (Å²) in [4.78, 5) is 4.52. The number of hydrogen-bond donors (Lipinski definition) is 4. The van der Waals surface area contributed by atoms with E-state index in [-0.39, 0.29) is 11.6 Å². The molecule has 3 heterocycles. The highest BCUT2D eigenvalue weighted by Gasteiger charge is 2.49. The molecule has 1 fully saturated rings. The highest BCUT2D eigenvalue weighted by Crippen LogP contribution is 2.34. The van der Waals surface area contributed by atoms with Gasteiger partial charge in [0.25, 0.3) is 0 Å². The fourth-order valence-electron chi connectivity index (χ4n) is 4.83. The van der Waals surface area contributed by atoms with Crippen molar-refractivity contribution in [2.45, 2.75) is 37.2 Å². The molecule has 0 spiro atoms. The van der Waals surface area contributed by atoms with Crippen LogP contribution in [0, 0.1) is 0 Å². The van der Waals surface area contributed by atoms with Crippen molar-refractivity contribution in [3.63, 3.8) is 0 Å². The molecule has 8 nitrogen and oxygen atoms in total. The van der Waals surface area contributed by atoms with Gasteiger partial charge < -0.3 is 34.5 Å². The Balaban J connectivity index is 1.38. The van der Waals surface area contributed by atoms with Crippen LogP contribution in [0.3, 0.4) is 0 Å². The van der Waals surface area contributed by atoms with Crippen molar-refractivity contribution < 1.29 is 29.9 Å². The largest absolute Gasteiger partial charge is 0.508 e. The minimum Gasteiger partial charge on any atom is -0.508 e. The summed E-state index contributed by atoms with van der Waals surface area (Å²) < 4.78 is 13.6. The molecule has 4 aromatic rings. The molecule has 3 aromatic carbocycles. The first-order valence-electron chi connectivity index (χ1n) is 11.2. The van der Waals surface area contributed by atoms with Gasteiger partial charge in [-0.05, 0) is 34.5 Å². The smallest absolute Gasteiger partial charge is 0.227 e. The summed E-state index contributed by atoms with van der Waals surface area (Å²) in [6.45, 7) is 0.125. The number of fused-ring (bicyclic) bond motifs is 3. The number of aromatic nitrogens is 1. The van der Waals surface area contributed by atoms with Crippen molar-refractivity contribution in [2.24, 2.45) is 4.99 Å². The Kier molecular flexibility index (Phi) is 5.04. The Morgan fingerprint density at radius 1 is 0.941 bits per heavy atom. The van der Waals surface area contributed by atoms with Crippen molar-refractivity contribution in [3.05, 3.63) is 78.0 Å². The zero-order valence-electron chi connectivity index (χ0n) is 18.2. The second-order valence-electron chi connectivity index (χ2n) is 8.80. The van der Waals surface area contributed by atoms with Crippen LogP contribution >= 0.6 is 0 Å². The summed E-state index contributed by atoms with van der Waals surface area (Å²) in [7, 11) is 0. The average molecular weight is 460 g/mol. The van der Waals surface area contributed by atoms with Gasteiger partial charge in [0.15, 0.2) is 0 Å². The summed E-state index contributed by atoms with van der Waals surface area (Å²) in [6.07, 6.45) is -2.42. The fraction of sp³-hybridized carbons (Fsp3) is 0.269. The Morgan fingerprint density at radius 2 is 1.76 bits per heavy atom. The Bertz CT molecular complexity index is 1410. The lowest BCUT2D eigenvalue weighted by Crippen LogP contribution is -2.56. The molecule has 0 unspecified atom stereocenters. The molecule has 0 amide bonds. The van der Waals surface area contributed by atoms with Crippen LogP contribution in [0.4, 0.5) is 0 Å². The van der Waals surface area contributed by atoms with Crippen LogP contribution in [0.5, 0.6) is 5.75 Å². The Hall–Kier alpha value is -3.43. The number of ether oxygens (including phenoxy) is 2. The molecule has 6 rings (SSSR count). The van der Waals surface area contributed by atoms with Gasteiger partial charge in [-0.3, -0.25) is 0 Å². The van der Waals surface area contributed by atoms with Gasteiger partial charge in [0.05, 0.1) is 17.7 Å². The van der Waals surface area contributed by atoms with E-state index in [0.29, 0.717) is 12.1 Å². The molecule has 174 valence electrons. The summed E-state index contributed by atoms with van der Waals surface area (Å²) in [5.74, 6) is 0.431. The van der Waals surface area contributed by atoms with Gasteiger partial charge in [0, 0.05) is 24.2 Å². The van der Waals surface area contributed by atoms with Crippen LogP contribution in [-0.2, 0) is 16.0 Å². The average Bonchev–Trinajstić information content (AvgIpc) is 3.43. The van der Waals surface area contributed by atoms with Crippen molar-refractivity contribution >= 4 is 27.6 Å². The van der Waals surface area contributed by atoms with Gasteiger partial charge in [-0.15, -0.1) is 0 Å². The van der Waals surface area contributed by atoms with Gasteiger partial charge in [-0.25, -0.2) is 4.99 Å². The number of phenols is 1. The maximum absolute atomic E-state index is 10.5. The van der Waals surface area contributed by atoms with E-state index in [4.69, 9.17) is 9.47 Å². The molecule has 0 bridgehead atoms. The van der Waals surface area contributed by atoms with Crippen LogP contribution in [-0.4, -0.2) is 68.1 Å². The number of benzene rings is 3. The third-order valence-electron chi connectivity index (χ3n) is 6.61. The SMILES string of the molecule is OC[C@H]1O[C@@H]2OC(c3cn(Cc4ccc5ccccc5c4)c4cc(O)ccc34)=N[C@@H]2[C@@H](O)[C@@H]1O. The van der Waals surface area contributed by atoms with Gasteiger partial charge >= 0.3 is 0 Å². The van der Waals surface area contributed by atoms with Crippen LogP contribution in [0.25, 0.3) is 21.7 Å². The maximum Gasteiger partial charge on any atom is 0.227 e. The highest BCUT2D eigenvalue weighted by atomic mass is 16.7. The third kappa shape index (κ3) is 3.43. The molecule has 2 aliphatic rings. The second-order valence-corrected chi connectivity index (χ2v) is 8.80. The number of nitrogens with zero attached hydrogens (tertiary/aromatic N) is 2. The van der Waals surface area contributed by atoms with Crippen LogP contribution in [0.2, 0.25) is 0 Å². The van der Waals surface area contributed by atoms with Crippen molar-refractivity contribution in [3.8, 4) is 5.75 Å². The normalized spacial score (nSPS) is 26.4. The molecule has 4 N–H and O–H groups in total. The Morgan fingerprint density at radius 3 is 2.59 bits per heavy atom. The standard InChI is InChI=1S/C26H24N2O6/c29-13-21-23(31)24(32)22-26(33-21)34-25(27-22)19-12-28(20-10-17(30)7-8-18(19)20)11-14-5-6-15-3-1-2-4-16(15)9-14/h1-10,12,21-24,26,29-32H,11,13H2/t21-,22-,23-,24-,26-/m1/s1. The van der Waals surface area contributed by atoms with Gasteiger partial charge in [0.1, 0.15) is 30.1 Å². The predicted octanol–water partition coefficient (Wildman–Crippen LogP) is 2.13. The minimum atomic E-state index is -1.26. The summed E-state index contributed by atoms with van der Waals surface area (Å²) >= 11 is 0. The molecule has 8 heteroatoms. The van der Waals surface area contributed by atoms with Gasteiger partial charge in [0.2, 0.25) is 12.2 Å². The first-order valence-corrected chi connectivity index (χ1v) is 11.2. The molecule has 1 saturated heterocycles. The third-order valence-corrected chi connectivity index (χ3v) is 6.61. The highest BCUT2D eigenvalue weighted by molar-refractivity contribution is 6.08. The van der Waals surface area contributed by atoms with Crippen molar-refractivity contribution in [1.29, 1.82) is 0 Å². The van der Waals surface area contributed by atoms with E-state index in [1.165, 1.54) is 5.39 Å². The van der Waals surface area contributed by atoms with Crippen molar-refractivity contribution in [1.82, 2.24) is 4.57 Å². The van der Waals surface area contributed by atoms with E-state index in [1.807, 2.05) is 22.9 Å². The quantitative estimate of drug-likeness (QED) is 0.371. The number of aliphatic hydroxyl groups is 3. The molecule has 2 aliphatic heterocycles. The molecule has 1 aromatic heterocycles. The molecular formula is C26H24N2O6. The maximum atomic E-state index is 10.5. The number of aliphatic hydroxyl groups excluding tert-OH is 3. The lowest BCUT2D eigenvalue weighted by Gasteiger charge is -2.36. The lowest BCUT2D eigenvalue weighted by atomic mass is 9.98. The van der Waals surface area contributed by atoms with E-state index in [1.54, 1.807) is 18.2 Å².